The number of rotatable bonds is 10. The average Bonchev–Trinajstić information content (AvgIpc) is 2.83. The van der Waals surface area contributed by atoms with Crippen LogP contribution < -0.4 is 19.6 Å². The van der Waals surface area contributed by atoms with Crippen LogP contribution in [0.4, 0.5) is 0 Å². The van der Waals surface area contributed by atoms with E-state index in [0.29, 0.717) is 28.7 Å². The lowest BCUT2D eigenvalue weighted by Crippen LogP contribution is -2.34. The number of ether oxygens (including phenoxy) is 2. The highest BCUT2D eigenvalue weighted by Gasteiger charge is 2.15. The summed E-state index contributed by atoms with van der Waals surface area (Å²) >= 11 is 5.89. The quantitative estimate of drug-likeness (QED) is 0.326. The SMILES string of the molecule is COc1cc(C=NNC(=O)CNS(=O)(=O)c2ccc(C)cc2)ccc1OCc1ccc(Cl)cc1. The number of nitrogens with one attached hydrogen (secondary N) is 2. The Bertz CT molecular complexity index is 1260. The highest BCUT2D eigenvalue weighted by Crippen LogP contribution is 2.28. The minimum Gasteiger partial charge on any atom is -0.493 e. The van der Waals surface area contributed by atoms with E-state index >= 15 is 0 Å². The molecule has 0 saturated carbocycles. The first-order valence-electron chi connectivity index (χ1n) is 10.2. The van der Waals surface area contributed by atoms with Gasteiger partial charge in [0, 0.05) is 5.02 Å². The lowest BCUT2D eigenvalue weighted by Gasteiger charge is -2.11. The number of hydrazone groups is 1. The summed E-state index contributed by atoms with van der Waals surface area (Å²) < 4.78 is 37.9. The Labute approximate surface area is 203 Å². The number of halogens is 1. The van der Waals surface area contributed by atoms with E-state index in [4.69, 9.17) is 21.1 Å². The van der Waals surface area contributed by atoms with Crippen LogP contribution in [-0.2, 0) is 21.4 Å². The second-order valence-corrected chi connectivity index (χ2v) is 9.46. The number of hydrogen-bond donors (Lipinski definition) is 2. The van der Waals surface area contributed by atoms with E-state index in [-0.39, 0.29) is 4.90 Å². The molecule has 3 aromatic carbocycles. The van der Waals surface area contributed by atoms with Crippen LogP contribution in [-0.4, -0.2) is 34.2 Å². The minimum absolute atomic E-state index is 0.0832. The first-order valence-corrected chi connectivity index (χ1v) is 12.1. The fourth-order valence-electron chi connectivity index (χ4n) is 2.81. The Balaban J connectivity index is 1.52. The molecule has 0 aliphatic heterocycles. The van der Waals surface area contributed by atoms with Gasteiger partial charge in [0.05, 0.1) is 24.8 Å². The van der Waals surface area contributed by atoms with Crippen molar-refractivity contribution in [2.24, 2.45) is 5.10 Å². The number of hydrogen-bond acceptors (Lipinski definition) is 6. The fourth-order valence-corrected chi connectivity index (χ4v) is 3.91. The van der Waals surface area contributed by atoms with E-state index in [9.17, 15) is 13.2 Å². The van der Waals surface area contributed by atoms with E-state index in [2.05, 4.69) is 15.2 Å². The molecule has 34 heavy (non-hydrogen) atoms. The molecule has 0 spiro atoms. The number of benzene rings is 3. The van der Waals surface area contributed by atoms with Crippen molar-refractivity contribution < 1.29 is 22.7 Å². The molecule has 0 fully saturated rings. The zero-order valence-electron chi connectivity index (χ0n) is 18.6. The van der Waals surface area contributed by atoms with E-state index in [1.54, 1.807) is 42.5 Å². The summed E-state index contributed by atoms with van der Waals surface area (Å²) in [6.07, 6.45) is 1.41. The van der Waals surface area contributed by atoms with Gasteiger partial charge < -0.3 is 9.47 Å². The first-order chi connectivity index (χ1) is 16.3. The van der Waals surface area contributed by atoms with Crippen molar-refractivity contribution in [3.05, 3.63) is 88.4 Å². The van der Waals surface area contributed by atoms with Crippen molar-refractivity contribution in [2.45, 2.75) is 18.4 Å². The summed E-state index contributed by atoms with van der Waals surface area (Å²) in [7, 11) is -2.27. The fraction of sp³-hybridized carbons (Fsp3) is 0.167. The van der Waals surface area contributed by atoms with Crippen LogP contribution in [0.5, 0.6) is 11.5 Å². The zero-order chi connectivity index (χ0) is 24.6. The van der Waals surface area contributed by atoms with Gasteiger partial charge in [0.2, 0.25) is 10.0 Å². The number of sulfonamides is 1. The van der Waals surface area contributed by atoms with Crippen LogP contribution in [0.25, 0.3) is 0 Å². The molecule has 3 aromatic rings. The van der Waals surface area contributed by atoms with Crippen LogP contribution >= 0.6 is 11.6 Å². The number of carbonyl (C=O) groups excluding carboxylic acids is 1. The topological polar surface area (TPSA) is 106 Å². The van der Waals surface area contributed by atoms with Gasteiger partial charge in [-0.15, -0.1) is 0 Å². The molecule has 0 atom stereocenters. The maximum absolute atomic E-state index is 12.2. The summed E-state index contributed by atoms with van der Waals surface area (Å²) in [5.74, 6) is 0.432. The highest BCUT2D eigenvalue weighted by molar-refractivity contribution is 7.89. The number of aryl methyl sites for hydroxylation is 1. The summed E-state index contributed by atoms with van der Waals surface area (Å²) in [6, 6.07) is 18.8. The summed E-state index contributed by atoms with van der Waals surface area (Å²) in [6.45, 7) is 1.75. The molecule has 2 N–H and O–H groups in total. The normalized spacial score (nSPS) is 11.4. The predicted octanol–water partition coefficient (Wildman–Crippen LogP) is 3.66. The van der Waals surface area contributed by atoms with Gasteiger partial charge in [0.15, 0.2) is 11.5 Å². The van der Waals surface area contributed by atoms with Gasteiger partial charge in [0.25, 0.3) is 5.91 Å². The smallest absolute Gasteiger partial charge is 0.255 e. The minimum atomic E-state index is -3.79. The molecule has 0 bridgehead atoms. The van der Waals surface area contributed by atoms with Crippen molar-refractivity contribution in [1.29, 1.82) is 0 Å². The molecule has 1 amide bonds. The van der Waals surface area contributed by atoms with E-state index in [1.165, 1.54) is 25.5 Å². The molecular formula is C24H24ClN3O5S. The van der Waals surface area contributed by atoms with Gasteiger partial charge >= 0.3 is 0 Å². The van der Waals surface area contributed by atoms with Gasteiger partial charge in [-0.2, -0.15) is 5.10 Å². The van der Waals surface area contributed by atoms with Crippen molar-refractivity contribution in [3.63, 3.8) is 0 Å². The third kappa shape index (κ3) is 7.31. The monoisotopic (exact) mass is 501 g/mol. The number of carbonyl (C=O) groups is 1. The van der Waals surface area contributed by atoms with Crippen molar-refractivity contribution in [1.82, 2.24) is 10.1 Å². The van der Waals surface area contributed by atoms with Crippen LogP contribution in [0.15, 0.2) is 76.7 Å². The zero-order valence-corrected chi connectivity index (χ0v) is 20.2. The summed E-state index contributed by atoms with van der Waals surface area (Å²) in [4.78, 5) is 12.1. The third-order valence-corrected chi connectivity index (χ3v) is 6.32. The molecule has 0 radical (unpaired) electrons. The second-order valence-electron chi connectivity index (χ2n) is 7.26. The second kappa shape index (κ2) is 11.6. The standard InChI is InChI=1S/C24H24ClN3O5S/c1-17-3-10-21(11-4-17)34(30,31)27-15-24(29)28-26-14-19-7-12-22(23(13-19)32-2)33-16-18-5-8-20(25)9-6-18/h3-14,27H,15-16H2,1-2H3,(H,28,29). The van der Waals surface area contributed by atoms with E-state index in [0.717, 1.165) is 11.1 Å². The summed E-state index contributed by atoms with van der Waals surface area (Å²) in [5, 5.41) is 4.52. The first kappa shape index (κ1) is 25.2. The van der Waals surface area contributed by atoms with E-state index < -0.39 is 22.5 Å². The molecule has 0 unspecified atom stereocenters. The highest BCUT2D eigenvalue weighted by atomic mass is 35.5. The molecule has 0 heterocycles. The third-order valence-electron chi connectivity index (χ3n) is 4.65. The Morgan fingerprint density at radius 3 is 2.41 bits per heavy atom. The number of nitrogens with zero attached hydrogens (tertiary/aromatic N) is 1. The lowest BCUT2D eigenvalue weighted by atomic mass is 10.2. The van der Waals surface area contributed by atoms with Gasteiger partial charge in [0.1, 0.15) is 6.61 Å². The number of amides is 1. The molecular weight excluding hydrogens is 478 g/mol. The molecule has 0 aliphatic rings. The molecule has 0 aromatic heterocycles. The van der Waals surface area contributed by atoms with Crippen LogP contribution in [0.1, 0.15) is 16.7 Å². The lowest BCUT2D eigenvalue weighted by molar-refractivity contribution is -0.119. The van der Waals surface area contributed by atoms with Gasteiger partial charge in [-0.1, -0.05) is 41.4 Å². The van der Waals surface area contributed by atoms with Crippen molar-refractivity contribution in [2.75, 3.05) is 13.7 Å². The average molecular weight is 502 g/mol. The van der Waals surface area contributed by atoms with Crippen LogP contribution in [0, 0.1) is 6.92 Å². The van der Waals surface area contributed by atoms with Crippen LogP contribution in [0.2, 0.25) is 5.02 Å². The Morgan fingerprint density at radius 1 is 1.03 bits per heavy atom. The molecule has 10 heteroatoms. The van der Waals surface area contributed by atoms with Crippen molar-refractivity contribution in [3.8, 4) is 11.5 Å². The van der Waals surface area contributed by atoms with Gasteiger partial charge in [-0.05, 0) is 60.5 Å². The maximum atomic E-state index is 12.2. The molecule has 3 rings (SSSR count). The van der Waals surface area contributed by atoms with Crippen molar-refractivity contribution >= 4 is 33.7 Å². The molecule has 0 saturated heterocycles. The van der Waals surface area contributed by atoms with Crippen LogP contribution in [0.3, 0.4) is 0 Å². The number of methoxy groups -OCH3 is 1. The van der Waals surface area contributed by atoms with E-state index in [1.807, 2.05) is 19.1 Å². The van der Waals surface area contributed by atoms with Gasteiger partial charge in [-0.25, -0.2) is 18.6 Å². The maximum Gasteiger partial charge on any atom is 0.255 e. The largest absolute Gasteiger partial charge is 0.493 e. The Hall–Kier alpha value is -3.40. The molecule has 178 valence electrons. The Morgan fingerprint density at radius 2 is 1.74 bits per heavy atom. The summed E-state index contributed by atoms with van der Waals surface area (Å²) in [5.41, 5.74) is 4.83. The van der Waals surface area contributed by atoms with Gasteiger partial charge in [-0.3, -0.25) is 4.79 Å². The molecule has 0 aliphatic carbocycles. The predicted molar refractivity (Wildman–Crippen MR) is 131 cm³/mol. The molecule has 8 nitrogen and oxygen atoms in total. The Kier molecular flexibility index (Phi) is 8.64.